The van der Waals surface area contributed by atoms with Crippen molar-refractivity contribution >= 4 is 29.4 Å². The standard InChI is InChI=1S/C13H15N7O2S/c1-7-3-9-8(10(21)4-7)5-14-12(15-9)16-11(22)6-23-13-17-18-19-20(13)2/h5,7H,3-4,6H2,1-2H3,(H,14,15,16,22). The molecule has 0 saturated carbocycles. The molecule has 2 aromatic rings. The van der Waals surface area contributed by atoms with Crippen LogP contribution in [0.5, 0.6) is 0 Å². The third kappa shape index (κ3) is 3.52. The first-order chi connectivity index (χ1) is 11.0. The molecule has 0 aliphatic heterocycles. The number of hydrogen-bond acceptors (Lipinski definition) is 8. The molecule has 0 fully saturated rings. The molecule has 1 atom stereocenters. The fourth-order valence-electron chi connectivity index (χ4n) is 2.33. The Balaban J connectivity index is 1.64. The summed E-state index contributed by atoms with van der Waals surface area (Å²) < 4.78 is 1.49. The highest BCUT2D eigenvalue weighted by Gasteiger charge is 2.24. The predicted molar refractivity (Wildman–Crippen MR) is 82.0 cm³/mol. The molecule has 1 aliphatic carbocycles. The van der Waals surface area contributed by atoms with Crippen molar-refractivity contribution in [1.82, 2.24) is 30.2 Å². The van der Waals surface area contributed by atoms with Gasteiger partial charge >= 0.3 is 0 Å². The molecule has 1 N–H and O–H groups in total. The van der Waals surface area contributed by atoms with Gasteiger partial charge in [-0.25, -0.2) is 14.6 Å². The van der Waals surface area contributed by atoms with Gasteiger partial charge in [0, 0.05) is 19.7 Å². The van der Waals surface area contributed by atoms with Crippen molar-refractivity contribution < 1.29 is 9.59 Å². The maximum absolute atomic E-state index is 12.0. The van der Waals surface area contributed by atoms with E-state index in [1.807, 2.05) is 6.92 Å². The van der Waals surface area contributed by atoms with E-state index in [1.165, 1.54) is 22.6 Å². The van der Waals surface area contributed by atoms with Crippen molar-refractivity contribution in [2.45, 2.75) is 24.9 Å². The summed E-state index contributed by atoms with van der Waals surface area (Å²) in [5.41, 5.74) is 1.25. The van der Waals surface area contributed by atoms with Gasteiger partial charge in [-0.05, 0) is 22.8 Å². The van der Waals surface area contributed by atoms with Gasteiger partial charge in [0.1, 0.15) is 0 Å². The number of carbonyl (C=O) groups is 2. The van der Waals surface area contributed by atoms with E-state index < -0.39 is 0 Å². The number of aromatic nitrogens is 6. The zero-order chi connectivity index (χ0) is 16.4. The Hall–Kier alpha value is -2.36. The summed E-state index contributed by atoms with van der Waals surface area (Å²) in [4.78, 5) is 32.2. The first kappa shape index (κ1) is 15.5. The molecule has 3 rings (SSSR count). The first-order valence-corrected chi connectivity index (χ1v) is 8.05. The maximum atomic E-state index is 12.0. The van der Waals surface area contributed by atoms with Gasteiger partial charge in [0.05, 0.1) is 17.0 Å². The lowest BCUT2D eigenvalue weighted by atomic mass is 9.88. The summed E-state index contributed by atoms with van der Waals surface area (Å²) in [6.45, 7) is 2.01. The van der Waals surface area contributed by atoms with Gasteiger partial charge in [-0.2, -0.15) is 0 Å². The molecule has 2 aromatic heterocycles. The highest BCUT2D eigenvalue weighted by Crippen LogP contribution is 2.24. The minimum Gasteiger partial charge on any atom is -0.294 e. The molecule has 9 nitrogen and oxygen atoms in total. The number of thioether (sulfide) groups is 1. The molecule has 1 aliphatic rings. The van der Waals surface area contributed by atoms with Crippen molar-refractivity contribution in [3.8, 4) is 0 Å². The first-order valence-electron chi connectivity index (χ1n) is 7.07. The molecule has 1 unspecified atom stereocenters. The second-order valence-electron chi connectivity index (χ2n) is 5.41. The molecule has 23 heavy (non-hydrogen) atoms. The second-order valence-corrected chi connectivity index (χ2v) is 6.35. The number of tetrazole rings is 1. The molecule has 10 heteroatoms. The van der Waals surface area contributed by atoms with Crippen molar-refractivity contribution in [3.63, 3.8) is 0 Å². The molecule has 0 aromatic carbocycles. The van der Waals surface area contributed by atoms with Gasteiger partial charge in [-0.1, -0.05) is 18.7 Å². The topological polar surface area (TPSA) is 116 Å². The molecular formula is C13H15N7O2S. The second kappa shape index (κ2) is 6.41. The van der Waals surface area contributed by atoms with Crippen LogP contribution in [0.4, 0.5) is 5.95 Å². The fraction of sp³-hybridized carbons (Fsp3) is 0.462. The average Bonchev–Trinajstić information content (AvgIpc) is 2.90. The Kier molecular flexibility index (Phi) is 4.33. The number of hydrogen-bond donors (Lipinski definition) is 1. The number of Topliss-reactive ketones (excluding diaryl/α,β-unsaturated/α-hetero) is 1. The largest absolute Gasteiger partial charge is 0.294 e. The van der Waals surface area contributed by atoms with Gasteiger partial charge in [0.15, 0.2) is 5.78 Å². The lowest BCUT2D eigenvalue weighted by Crippen LogP contribution is -2.22. The van der Waals surface area contributed by atoms with E-state index in [2.05, 4.69) is 30.8 Å². The summed E-state index contributed by atoms with van der Waals surface area (Å²) in [6, 6.07) is 0. The quantitative estimate of drug-likeness (QED) is 0.804. The molecule has 2 heterocycles. The van der Waals surface area contributed by atoms with Crippen LogP contribution in [0.3, 0.4) is 0 Å². The average molecular weight is 333 g/mol. The third-order valence-corrected chi connectivity index (χ3v) is 4.42. The van der Waals surface area contributed by atoms with Crippen LogP contribution >= 0.6 is 11.8 Å². The summed E-state index contributed by atoms with van der Waals surface area (Å²) in [5.74, 6) is 0.416. The Morgan fingerprint density at radius 1 is 1.48 bits per heavy atom. The van der Waals surface area contributed by atoms with Gasteiger partial charge in [-0.15, -0.1) is 5.10 Å². The van der Waals surface area contributed by atoms with Crippen molar-refractivity contribution in [2.75, 3.05) is 11.1 Å². The Labute approximate surface area is 136 Å². The monoisotopic (exact) mass is 333 g/mol. The summed E-state index contributed by atoms with van der Waals surface area (Å²) >= 11 is 1.22. The SMILES string of the molecule is CC1CC(=O)c2cnc(NC(=O)CSc3nnnn3C)nc2C1. The highest BCUT2D eigenvalue weighted by atomic mass is 32.2. The Morgan fingerprint density at radius 3 is 3.04 bits per heavy atom. The third-order valence-electron chi connectivity index (χ3n) is 3.41. The number of nitrogens with zero attached hydrogens (tertiary/aromatic N) is 6. The fourth-order valence-corrected chi connectivity index (χ4v) is 2.98. The minimum absolute atomic E-state index is 0.0574. The van der Waals surface area contributed by atoms with Gasteiger partial charge in [0.2, 0.25) is 17.0 Å². The molecular weight excluding hydrogens is 318 g/mol. The number of anilines is 1. The summed E-state index contributed by atoms with van der Waals surface area (Å²) in [7, 11) is 1.70. The zero-order valence-electron chi connectivity index (χ0n) is 12.7. The molecule has 0 saturated heterocycles. The van der Waals surface area contributed by atoms with Crippen molar-refractivity contribution in [2.24, 2.45) is 13.0 Å². The van der Waals surface area contributed by atoms with Gasteiger partial charge < -0.3 is 0 Å². The van der Waals surface area contributed by atoms with Crippen LogP contribution in [0, 0.1) is 5.92 Å². The number of aryl methyl sites for hydroxylation is 1. The Bertz CT molecular complexity index is 761. The van der Waals surface area contributed by atoms with E-state index in [0.29, 0.717) is 29.3 Å². The molecule has 0 bridgehead atoms. The smallest absolute Gasteiger partial charge is 0.237 e. The lowest BCUT2D eigenvalue weighted by molar-refractivity contribution is -0.113. The number of amides is 1. The number of fused-ring (bicyclic) bond motifs is 1. The normalized spacial score (nSPS) is 17.0. The van der Waals surface area contributed by atoms with E-state index in [1.54, 1.807) is 7.05 Å². The number of carbonyl (C=O) groups excluding carboxylic acids is 2. The van der Waals surface area contributed by atoms with E-state index in [9.17, 15) is 9.59 Å². The zero-order valence-corrected chi connectivity index (χ0v) is 13.5. The summed E-state index contributed by atoms with van der Waals surface area (Å²) in [5, 5.41) is 14.2. The molecule has 0 spiro atoms. The highest BCUT2D eigenvalue weighted by molar-refractivity contribution is 7.99. The van der Waals surface area contributed by atoms with Crippen molar-refractivity contribution in [1.29, 1.82) is 0 Å². The molecule has 120 valence electrons. The predicted octanol–water partition coefficient (Wildman–Crippen LogP) is 0.496. The number of ketones is 1. The van der Waals surface area contributed by atoms with E-state index >= 15 is 0 Å². The maximum Gasteiger partial charge on any atom is 0.237 e. The van der Waals surface area contributed by atoms with Gasteiger partial charge in [-0.3, -0.25) is 14.9 Å². The Morgan fingerprint density at radius 2 is 2.30 bits per heavy atom. The number of rotatable bonds is 4. The minimum atomic E-state index is -0.256. The lowest BCUT2D eigenvalue weighted by Gasteiger charge is -2.19. The van der Waals surface area contributed by atoms with Crippen LogP contribution in [0.1, 0.15) is 29.4 Å². The molecule has 0 radical (unpaired) electrons. The van der Waals surface area contributed by atoms with Crippen LogP contribution < -0.4 is 5.32 Å². The molecule has 1 amide bonds. The van der Waals surface area contributed by atoms with Gasteiger partial charge in [0.25, 0.3) is 0 Å². The van der Waals surface area contributed by atoms with Crippen molar-refractivity contribution in [3.05, 3.63) is 17.5 Å². The van der Waals surface area contributed by atoms with Crippen LogP contribution in [0.2, 0.25) is 0 Å². The summed E-state index contributed by atoms with van der Waals surface area (Å²) in [6.07, 6.45) is 2.72. The van der Waals surface area contributed by atoms with E-state index in [0.717, 1.165) is 0 Å². The van der Waals surface area contributed by atoms with E-state index in [4.69, 9.17) is 0 Å². The number of nitrogens with one attached hydrogen (secondary N) is 1. The van der Waals surface area contributed by atoms with Crippen LogP contribution in [-0.4, -0.2) is 47.6 Å². The van der Waals surface area contributed by atoms with Crippen LogP contribution in [-0.2, 0) is 18.3 Å². The van der Waals surface area contributed by atoms with Crippen LogP contribution in [0.15, 0.2) is 11.4 Å². The van der Waals surface area contributed by atoms with E-state index in [-0.39, 0.29) is 29.3 Å². The van der Waals surface area contributed by atoms with Crippen LogP contribution in [0.25, 0.3) is 0 Å².